The van der Waals surface area contributed by atoms with E-state index in [1.165, 1.54) is 19.5 Å². The molecule has 0 spiro atoms. The molecule has 4 aromatic rings. The number of ether oxygens (including phenoxy) is 2. The van der Waals surface area contributed by atoms with Crippen molar-refractivity contribution in [1.82, 2.24) is 15.3 Å². The van der Waals surface area contributed by atoms with E-state index in [-0.39, 0.29) is 29.4 Å². The molecule has 0 radical (unpaired) electrons. The topological polar surface area (TPSA) is 137 Å². The van der Waals surface area contributed by atoms with Gasteiger partial charge >= 0.3 is 5.97 Å². The van der Waals surface area contributed by atoms with Crippen molar-refractivity contribution in [3.05, 3.63) is 70.1 Å². The number of benzene rings is 1. The average molecular weight is 465 g/mol. The number of esters is 1. The number of nitrogens with zero attached hydrogens (tertiary/aromatic N) is 1. The molecule has 0 saturated heterocycles. The van der Waals surface area contributed by atoms with Crippen LogP contribution in [0.3, 0.4) is 0 Å². The lowest BCUT2D eigenvalue weighted by Crippen LogP contribution is -2.43. The van der Waals surface area contributed by atoms with E-state index in [4.69, 9.17) is 18.3 Å². The highest BCUT2D eigenvalue weighted by atomic mass is 16.5. The zero-order chi connectivity index (χ0) is 24.2. The van der Waals surface area contributed by atoms with Crippen molar-refractivity contribution in [2.45, 2.75) is 25.8 Å². The highest BCUT2D eigenvalue weighted by Gasteiger charge is 2.26. The lowest BCUT2D eigenvalue weighted by atomic mass is 10.0. The van der Waals surface area contributed by atoms with Crippen LogP contribution in [-0.2, 0) is 27.2 Å². The second-order valence-corrected chi connectivity index (χ2v) is 7.62. The fourth-order valence-electron chi connectivity index (χ4n) is 3.65. The summed E-state index contributed by atoms with van der Waals surface area (Å²) in [4.78, 5) is 44.6. The van der Waals surface area contributed by atoms with Crippen molar-refractivity contribution in [2.75, 3.05) is 14.2 Å². The molecule has 1 atom stereocenters. The number of amides is 1. The van der Waals surface area contributed by atoms with Crippen LogP contribution in [0.15, 0.2) is 56.5 Å². The Balaban J connectivity index is 1.69. The molecule has 10 heteroatoms. The summed E-state index contributed by atoms with van der Waals surface area (Å²) in [6, 6.07) is 7.38. The number of fused-ring (bicyclic) bond motifs is 1. The van der Waals surface area contributed by atoms with Gasteiger partial charge in [0.2, 0.25) is 16.9 Å². The number of nitrogens with one attached hydrogen (secondary N) is 2. The van der Waals surface area contributed by atoms with Crippen molar-refractivity contribution in [3.8, 4) is 17.1 Å². The molecule has 176 valence electrons. The molecule has 3 aromatic heterocycles. The van der Waals surface area contributed by atoms with E-state index >= 15 is 0 Å². The largest absolute Gasteiger partial charge is 0.497 e. The molecule has 34 heavy (non-hydrogen) atoms. The summed E-state index contributed by atoms with van der Waals surface area (Å²) in [6.07, 6.45) is 3.01. The Labute approximate surface area is 193 Å². The number of aromatic amines is 1. The van der Waals surface area contributed by atoms with Gasteiger partial charge in [-0.3, -0.25) is 9.59 Å². The smallest absolute Gasteiger partial charge is 0.328 e. The van der Waals surface area contributed by atoms with Gasteiger partial charge in [-0.1, -0.05) is 0 Å². The van der Waals surface area contributed by atoms with E-state index in [1.54, 1.807) is 44.5 Å². The number of aromatic nitrogens is 2. The predicted molar refractivity (Wildman–Crippen MR) is 121 cm³/mol. The first kappa shape index (κ1) is 22.8. The van der Waals surface area contributed by atoms with Gasteiger partial charge < -0.3 is 28.6 Å². The Morgan fingerprint density at radius 1 is 1.15 bits per heavy atom. The van der Waals surface area contributed by atoms with Crippen molar-refractivity contribution in [2.24, 2.45) is 0 Å². The maximum atomic E-state index is 13.0. The molecule has 0 fully saturated rings. The average Bonchev–Trinajstić information content (AvgIpc) is 3.46. The van der Waals surface area contributed by atoms with Gasteiger partial charge in [0.15, 0.2) is 5.58 Å². The van der Waals surface area contributed by atoms with Gasteiger partial charge in [0, 0.05) is 29.9 Å². The first-order valence-electron chi connectivity index (χ1n) is 10.4. The van der Waals surface area contributed by atoms with E-state index in [0.29, 0.717) is 34.1 Å². The number of carbonyl (C=O) groups is 2. The van der Waals surface area contributed by atoms with E-state index in [1.807, 2.05) is 0 Å². The van der Waals surface area contributed by atoms with Gasteiger partial charge in [0.25, 0.3) is 0 Å². The molecule has 0 aliphatic heterocycles. The Morgan fingerprint density at radius 3 is 2.56 bits per heavy atom. The van der Waals surface area contributed by atoms with Crippen LogP contribution in [-0.4, -0.2) is 42.1 Å². The SMILES string of the molecule is COC(=O)[C@@H](Cc1cnc[nH]1)NC(=O)Cc1c(-c2ccc(OC)cc2)oc2c(=O)cc(C)oc12. The fourth-order valence-corrected chi connectivity index (χ4v) is 3.65. The van der Waals surface area contributed by atoms with E-state index < -0.39 is 17.9 Å². The summed E-state index contributed by atoms with van der Waals surface area (Å²) in [5, 5.41) is 2.69. The van der Waals surface area contributed by atoms with Crippen molar-refractivity contribution in [3.63, 3.8) is 0 Å². The molecule has 1 aromatic carbocycles. The summed E-state index contributed by atoms with van der Waals surface area (Å²) in [7, 11) is 2.80. The molecule has 0 saturated carbocycles. The lowest BCUT2D eigenvalue weighted by molar-refractivity contribution is -0.145. The minimum Gasteiger partial charge on any atom is -0.497 e. The Hall–Kier alpha value is -4.34. The molecular formula is C24H23N3O7. The predicted octanol–water partition coefficient (Wildman–Crippen LogP) is 2.54. The number of imidazole rings is 1. The molecule has 10 nitrogen and oxygen atoms in total. The van der Waals surface area contributed by atoms with Gasteiger partial charge in [-0.25, -0.2) is 9.78 Å². The summed E-state index contributed by atoms with van der Waals surface area (Å²) in [5.74, 6) is 0.272. The van der Waals surface area contributed by atoms with Crippen LogP contribution in [0.1, 0.15) is 17.0 Å². The number of methoxy groups -OCH3 is 2. The first-order chi connectivity index (χ1) is 16.4. The third-order valence-corrected chi connectivity index (χ3v) is 5.27. The number of hydrogen-bond donors (Lipinski definition) is 2. The number of aryl methyl sites for hydroxylation is 1. The van der Waals surface area contributed by atoms with Crippen molar-refractivity contribution >= 4 is 23.0 Å². The number of hydrogen-bond acceptors (Lipinski definition) is 8. The maximum absolute atomic E-state index is 13.0. The van der Waals surface area contributed by atoms with Crippen LogP contribution in [0.2, 0.25) is 0 Å². The molecule has 4 rings (SSSR count). The monoisotopic (exact) mass is 465 g/mol. The van der Waals surface area contributed by atoms with Crippen LogP contribution in [0.5, 0.6) is 5.75 Å². The van der Waals surface area contributed by atoms with Gasteiger partial charge in [-0.05, 0) is 31.2 Å². The zero-order valence-electron chi connectivity index (χ0n) is 18.8. The van der Waals surface area contributed by atoms with E-state index in [2.05, 4.69) is 15.3 Å². The standard InChI is InChI=1S/C24H23N3O7/c1-13-8-19(28)23-22(33-13)17(21(34-23)14-4-6-16(31-2)7-5-14)10-20(29)27-18(24(30)32-3)9-15-11-25-12-26-15/h4-8,11-12,18H,9-10H2,1-3H3,(H,25,26)(H,27,29)/t18-/m1/s1. The summed E-state index contributed by atoms with van der Waals surface area (Å²) >= 11 is 0. The second-order valence-electron chi connectivity index (χ2n) is 7.62. The summed E-state index contributed by atoms with van der Waals surface area (Å²) in [5.41, 5.74) is 1.53. The van der Waals surface area contributed by atoms with E-state index in [0.717, 1.165) is 0 Å². The zero-order valence-corrected chi connectivity index (χ0v) is 18.8. The number of carbonyl (C=O) groups excluding carboxylic acids is 2. The number of furan rings is 1. The lowest BCUT2D eigenvalue weighted by Gasteiger charge is -2.15. The van der Waals surface area contributed by atoms with Gasteiger partial charge in [-0.2, -0.15) is 0 Å². The van der Waals surface area contributed by atoms with Crippen LogP contribution in [0.4, 0.5) is 0 Å². The van der Waals surface area contributed by atoms with E-state index in [9.17, 15) is 14.4 Å². The van der Waals surface area contributed by atoms with Gasteiger partial charge in [0.1, 0.15) is 23.3 Å². The molecular weight excluding hydrogens is 442 g/mol. The molecule has 0 unspecified atom stereocenters. The quantitative estimate of drug-likeness (QED) is 0.379. The maximum Gasteiger partial charge on any atom is 0.328 e. The van der Waals surface area contributed by atoms with Gasteiger partial charge in [0.05, 0.1) is 32.5 Å². The van der Waals surface area contributed by atoms with Gasteiger partial charge in [-0.15, -0.1) is 0 Å². The molecule has 1 amide bonds. The highest BCUT2D eigenvalue weighted by Crippen LogP contribution is 2.34. The minimum absolute atomic E-state index is 0.0150. The van der Waals surface area contributed by atoms with Crippen LogP contribution < -0.4 is 15.5 Å². The van der Waals surface area contributed by atoms with Crippen LogP contribution >= 0.6 is 0 Å². The summed E-state index contributed by atoms with van der Waals surface area (Å²) < 4.78 is 21.7. The molecule has 0 aliphatic rings. The van der Waals surface area contributed by atoms with Crippen molar-refractivity contribution < 1.29 is 27.9 Å². The normalized spacial score (nSPS) is 11.9. The Kier molecular flexibility index (Phi) is 6.48. The summed E-state index contributed by atoms with van der Waals surface area (Å²) in [6.45, 7) is 1.64. The Bertz CT molecular complexity index is 1370. The molecule has 0 aliphatic carbocycles. The third kappa shape index (κ3) is 4.70. The fraction of sp³-hybridized carbons (Fsp3) is 0.250. The number of H-pyrrole nitrogens is 1. The molecule has 0 bridgehead atoms. The first-order valence-corrected chi connectivity index (χ1v) is 10.4. The molecule has 2 N–H and O–H groups in total. The Morgan fingerprint density at radius 2 is 1.91 bits per heavy atom. The highest BCUT2D eigenvalue weighted by molar-refractivity contribution is 5.92. The minimum atomic E-state index is -0.936. The van der Waals surface area contributed by atoms with Crippen LogP contribution in [0, 0.1) is 6.92 Å². The second kappa shape index (κ2) is 9.65. The molecule has 3 heterocycles. The van der Waals surface area contributed by atoms with Crippen molar-refractivity contribution in [1.29, 1.82) is 0 Å². The third-order valence-electron chi connectivity index (χ3n) is 5.27. The number of rotatable bonds is 8. The van der Waals surface area contributed by atoms with Crippen LogP contribution in [0.25, 0.3) is 22.5 Å².